The molecule has 0 bridgehead atoms. The number of nitrogens with zero attached hydrogens (tertiary/aromatic N) is 2. The number of hydrogen-bond acceptors (Lipinski definition) is 3. The maximum atomic E-state index is 13.6. The second-order valence-corrected chi connectivity index (χ2v) is 5.79. The minimum atomic E-state index is -0.958. The molecular formula is C16H24F2N2O. The van der Waals surface area contributed by atoms with Gasteiger partial charge in [0.1, 0.15) is 0 Å². The van der Waals surface area contributed by atoms with Crippen LogP contribution in [0.4, 0.5) is 8.78 Å². The van der Waals surface area contributed by atoms with Crippen molar-refractivity contribution in [3.8, 4) is 0 Å². The molecule has 1 heterocycles. The highest BCUT2D eigenvalue weighted by molar-refractivity contribution is 5.21. The monoisotopic (exact) mass is 298 g/mol. The second kappa shape index (κ2) is 7.29. The zero-order valence-corrected chi connectivity index (χ0v) is 12.7. The lowest BCUT2D eigenvalue weighted by Gasteiger charge is -2.39. The molecule has 0 saturated carbocycles. The first-order valence-corrected chi connectivity index (χ1v) is 7.57. The van der Waals surface area contributed by atoms with Crippen molar-refractivity contribution >= 4 is 0 Å². The summed E-state index contributed by atoms with van der Waals surface area (Å²) in [6, 6.07) is 4.47. The molecule has 0 aromatic heterocycles. The van der Waals surface area contributed by atoms with Crippen LogP contribution in [0.2, 0.25) is 0 Å². The van der Waals surface area contributed by atoms with E-state index in [1.54, 1.807) is 0 Å². The number of benzene rings is 1. The Bertz CT molecular complexity index is 470. The summed E-state index contributed by atoms with van der Waals surface area (Å²) in [5, 5.41) is 10.1. The highest BCUT2D eigenvalue weighted by Gasteiger charge is 2.24. The summed E-state index contributed by atoms with van der Waals surface area (Å²) in [7, 11) is 2.13. The van der Waals surface area contributed by atoms with E-state index in [2.05, 4.69) is 23.8 Å². The first kappa shape index (κ1) is 16.3. The molecule has 2 rings (SSSR count). The molecule has 0 amide bonds. The Morgan fingerprint density at radius 2 is 2.10 bits per heavy atom. The van der Waals surface area contributed by atoms with E-state index < -0.39 is 17.7 Å². The normalized spacial score (nSPS) is 22.4. The average Bonchev–Trinajstić information content (AvgIpc) is 2.49. The molecule has 1 fully saturated rings. The van der Waals surface area contributed by atoms with E-state index in [-0.39, 0.29) is 5.56 Å². The lowest BCUT2D eigenvalue weighted by Crippen LogP contribution is -2.51. The maximum Gasteiger partial charge on any atom is 0.164 e. The van der Waals surface area contributed by atoms with Crippen LogP contribution in [0.25, 0.3) is 0 Å². The van der Waals surface area contributed by atoms with Crippen LogP contribution in [0.3, 0.4) is 0 Å². The molecule has 0 aliphatic carbocycles. The van der Waals surface area contributed by atoms with E-state index in [1.807, 2.05) is 0 Å². The van der Waals surface area contributed by atoms with Gasteiger partial charge in [0.05, 0.1) is 6.10 Å². The lowest BCUT2D eigenvalue weighted by molar-refractivity contribution is 0.0746. The molecule has 1 aromatic carbocycles. The fourth-order valence-electron chi connectivity index (χ4n) is 2.89. The van der Waals surface area contributed by atoms with E-state index >= 15 is 0 Å². The molecule has 1 saturated heterocycles. The van der Waals surface area contributed by atoms with Gasteiger partial charge in [0.2, 0.25) is 0 Å². The van der Waals surface area contributed by atoms with E-state index in [4.69, 9.17) is 0 Å². The Kier molecular flexibility index (Phi) is 5.67. The van der Waals surface area contributed by atoms with Crippen molar-refractivity contribution in [1.82, 2.24) is 9.80 Å². The van der Waals surface area contributed by atoms with Crippen LogP contribution in [0.15, 0.2) is 18.2 Å². The topological polar surface area (TPSA) is 26.7 Å². The summed E-state index contributed by atoms with van der Waals surface area (Å²) in [6.45, 7) is 5.78. The van der Waals surface area contributed by atoms with Crippen molar-refractivity contribution in [2.75, 3.05) is 33.2 Å². The Hall–Kier alpha value is -1.04. The summed E-state index contributed by atoms with van der Waals surface area (Å²) in [5.74, 6) is -1.84. The van der Waals surface area contributed by atoms with Gasteiger partial charge >= 0.3 is 0 Å². The summed E-state index contributed by atoms with van der Waals surface area (Å²) < 4.78 is 26.8. The molecule has 2 atom stereocenters. The van der Waals surface area contributed by atoms with Crippen LogP contribution in [0.5, 0.6) is 0 Å². The summed E-state index contributed by atoms with van der Waals surface area (Å²) >= 11 is 0. The molecule has 2 unspecified atom stereocenters. The number of likely N-dealkylation sites (N-methyl/N-ethyl adjacent to an activating group) is 1. The second-order valence-electron chi connectivity index (χ2n) is 5.79. The Morgan fingerprint density at radius 3 is 2.81 bits per heavy atom. The third-order valence-corrected chi connectivity index (χ3v) is 4.39. The van der Waals surface area contributed by atoms with Crippen LogP contribution < -0.4 is 0 Å². The van der Waals surface area contributed by atoms with Crippen molar-refractivity contribution in [1.29, 1.82) is 0 Å². The predicted molar refractivity (Wildman–Crippen MR) is 79.1 cm³/mol. The smallest absolute Gasteiger partial charge is 0.164 e. The Morgan fingerprint density at radius 1 is 1.33 bits per heavy atom. The molecule has 1 aromatic rings. The number of halogens is 2. The first-order chi connectivity index (χ1) is 10.0. The van der Waals surface area contributed by atoms with Crippen LogP contribution in [-0.4, -0.2) is 54.2 Å². The molecule has 0 spiro atoms. The molecule has 3 nitrogen and oxygen atoms in total. The number of hydrogen-bond donors (Lipinski definition) is 1. The van der Waals surface area contributed by atoms with E-state index in [1.165, 1.54) is 12.1 Å². The first-order valence-electron chi connectivity index (χ1n) is 7.57. The van der Waals surface area contributed by atoms with E-state index in [0.717, 1.165) is 32.1 Å². The highest BCUT2D eigenvalue weighted by Crippen LogP contribution is 2.22. The van der Waals surface area contributed by atoms with Gasteiger partial charge in [0.15, 0.2) is 11.6 Å². The fourth-order valence-corrected chi connectivity index (χ4v) is 2.89. The molecule has 1 aliphatic rings. The molecule has 21 heavy (non-hydrogen) atoms. The van der Waals surface area contributed by atoms with Gasteiger partial charge in [0, 0.05) is 37.8 Å². The van der Waals surface area contributed by atoms with Gasteiger partial charge < -0.3 is 14.9 Å². The zero-order chi connectivity index (χ0) is 15.4. The van der Waals surface area contributed by atoms with Crippen molar-refractivity contribution < 1.29 is 13.9 Å². The average molecular weight is 298 g/mol. The third kappa shape index (κ3) is 3.99. The predicted octanol–water partition coefficient (Wildman–Crippen LogP) is 2.41. The van der Waals surface area contributed by atoms with Crippen molar-refractivity contribution in [2.45, 2.75) is 31.9 Å². The number of rotatable bonds is 5. The minimum absolute atomic E-state index is 0.0520. The van der Waals surface area contributed by atoms with Gasteiger partial charge in [-0.25, -0.2) is 8.78 Å². The van der Waals surface area contributed by atoms with Crippen LogP contribution in [0.1, 0.15) is 31.4 Å². The number of piperazine rings is 1. The van der Waals surface area contributed by atoms with Gasteiger partial charge in [-0.1, -0.05) is 19.1 Å². The van der Waals surface area contributed by atoms with Gasteiger partial charge in [-0.15, -0.1) is 0 Å². The zero-order valence-electron chi connectivity index (χ0n) is 12.7. The van der Waals surface area contributed by atoms with Gasteiger partial charge in [0.25, 0.3) is 0 Å². The van der Waals surface area contributed by atoms with Crippen molar-refractivity contribution in [2.24, 2.45) is 0 Å². The molecule has 0 radical (unpaired) electrons. The minimum Gasteiger partial charge on any atom is -0.388 e. The van der Waals surface area contributed by atoms with Gasteiger partial charge in [-0.05, 0) is 26.0 Å². The largest absolute Gasteiger partial charge is 0.388 e. The number of aliphatic hydroxyl groups excluding tert-OH is 1. The number of aliphatic hydroxyl groups is 1. The van der Waals surface area contributed by atoms with Crippen LogP contribution in [-0.2, 0) is 0 Å². The standard InChI is InChI=1S/C16H24F2N2O/c1-3-12-11-20(10-9-19(12)2)8-7-15(21)13-5-4-6-14(17)16(13)18/h4-6,12,15,21H,3,7-11H2,1-2H3. The molecule has 5 heteroatoms. The van der Waals surface area contributed by atoms with Gasteiger partial charge in [-0.3, -0.25) is 0 Å². The maximum absolute atomic E-state index is 13.6. The van der Waals surface area contributed by atoms with Crippen LogP contribution >= 0.6 is 0 Å². The SMILES string of the molecule is CCC1CN(CCC(O)c2cccc(F)c2F)CCN1C. The summed E-state index contributed by atoms with van der Waals surface area (Å²) in [4.78, 5) is 4.63. The fraction of sp³-hybridized carbons (Fsp3) is 0.625. The van der Waals surface area contributed by atoms with E-state index in [0.29, 0.717) is 19.0 Å². The van der Waals surface area contributed by atoms with Crippen LogP contribution in [0, 0.1) is 11.6 Å². The van der Waals surface area contributed by atoms with Gasteiger partial charge in [-0.2, -0.15) is 0 Å². The lowest BCUT2D eigenvalue weighted by atomic mass is 10.0. The molecule has 118 valence electrons. The highest BCUT2D eigenvalue weighted by atomic mass is 19.2. The summed E-state index contributed by atoms with van der Waals surface area (Å²) in [6.07, 6.45) is 0.551. The third-order valence-electron chi connectivity index (χ3n) is 4.39. The molecular weight excluding hydrogens is 274 g/mol. The summed E-state index contributed by atoms with van der Waals surface area (Å²) in [5.41, 5.74) is 0.0520. The Balaban J connectivity index is 1.89. The van der Waals surface area contributed by atoms with E-state index in [9.17, 15) is 13.9 Å². The quantitative estimate of drug-likeness (QED) is 0.904. The molecule has 1 aliphatic heterocycles. The van der Waals surface area contributed by atoms with Crippen molar-refractivity contribution in [3.05, 3.63) is 35.4 Å². The molecule has 1 N–H and O–H groups in total. The van der Waals surface area contributed by atoms with Crippen molar-refractivity contribution in [3.63, 3.8) is 0 Å². The Labute approximate surface area is 125 Å².